The summed E-state index contributed by atoms with van der Waals surface area (Å²) in [7, 11) is 0. The summed E-state index contributed by atoms with van der Waals surface area (Å²) in [5.74, 6) is -0.955. The second-order valence-electron chi connectivity index (χ2n) is 3.24. The maximum Gasteiger partial charge on any atom is 0.313 e. The molecule has 1 aromatic heterocycles. The Morgan fingerprint density at radius 3 is 2.88 bits per heavy atom. The molecule has 1 aromatic rings. The molecule has 0 spiro atoms. The third-order valence-electron chi connectivity index (χ3n) is 1.89. The number of pyridine rings is 1. The minimum atomic E-state index is -0.490. The first-order valence-corrected chi connectivity index (χ1v) is 4.98. The topological polar surface area (TPSA) is 65.5 Å². The number of nitrogens with zero attached hydrogens (tertiary/aromatic N) is 1. The molecule has 0 radical (unpaired) electrons. The van der Waals surface area contributed by atoms with Crippen LogP contribution in [0.4, 0.5) is 0 Å². The van der Waals surface area contributed by atoms with Crippen molar-refractivity contribution in [3.8, 4) is 0 Å². The molecule has 0 aromatic carbocycles. The van der Waals surface area contributed by atoms with Crippen molar-refractivity contribution in [2.24, 2.45) is 0 Å². The van der Waals surface area contributed by atoms with Gasteiger partial charge in [0, 0.05) is 13.1 Å². The molecule has 0 bridgehead atoms. The molecule has 0 aliphatic heterocycles. The van der Waals surface area contributed by atoms with Crippen LogP contribution in [0.15, 0.2) is 24.9 Å². The lowest BCUT2D eigenvalue weighted by Crippen LogP contribution is -2.12. The highest BCUT2D eigenvalue weighted by Crippen LogP contribution is 2.04. The van der Waals surface area contributed by atoms with Gasteiger partial charge in [0.25, 0.3) is 0 Å². The lowest BCUT2D eigenvalue weighted by Gasteiger charge is -2.04. The first-order chi connectivity index (χ1) is 8.11. The maximum atomic E-state index is 11.3. The van der Waals surface area contributed by atoms with Crippen LogP contribution in [0.2, 0.25) is 0 Å². The predicted molar refractivity (Wildman–Crippen MR) is 60.8 cm³/mol. The second kappa shape index (κ2) is 6.42. The first-order valence-electron chi connectivity index (χ1n) is 4.98. The molecule has 0 N–H and O–H groups in total. The third-order valence-corrected chi connectivity index (χ3v) is 1.89. The smallest absolute Gasteiger partial charge is 0.313 e. The fourth-order valence-electron chi connectivity index (χ4n) is 1.11. The second-order valence-corrected chi connectivity index (χ2v) is 3.24. The van der Waals surface area contributed by atoms with Crippen LogP contribution >= 0.6 is 0 Å². The van der Waals surface area contributed by atoms with Crippen LogP contribution in [0.25, 0.3) is 6.08 Å². The van der Waals surface area contributed by atoms with Crippen LogP contribution in [-0.4, -0.2) is 23.7 Å². The van der Waals surface area contributed by atoms with E-state index in [2.05, 4.69) is 16.3 Å². The van der Waals surface area contributed by atoms with Gasteiger partial charge in [-0.15, -0.1) is 0 Å². The predicted octanol–water partition coefficient (Wildman–Crippen LogP) is 1.33. The van der Waals surface area contributed by atoms with E-state index in [1.807, 2.05) is 0 Å². The zero-order chi connectivity index (χ0) is 12.7. The number of hydrogen-bond acceptors (Lipinski definition) is 5. The van der Waals surface area contributed by atoms with E-state index in [-0.39, 0.29) is 13.2 Å². The molecule has 1 heterocycles. The molecule has 5 heteroatoms. The summed E-state index contributed by atoms with van der Waals surface area (Å²) in [6, 6.07) is 3.44. The van der Waals surface area contributed by atoms with Gasteiger partial charge in [-0.3, -0.25) is 14.6 Å². The molecule has 0 aliphatic rings. The highest BCUT2D eigenvalue weighted by Gasteiger charge is 2.06. The monoisotopic (exact) mass is 235 g/mol. The Bertz CT molecular complexity index is 428. The van der Waals surface area contributed by atoms with Gasteiger partial charge in [-0.05, 0) is 23.8 Å². The van der Waals surface area contributed by atoms with E-state index in [9.17, 15) is 9.59 Å². The summed E-state index contributed by atoms with van der Waals surface area (Å²) in [6.07, 6.45) is 3.28. The van der Waals surface area contributed by atoms with Crippen molar-refractivity contribution < 1.29 is 19.1 Å². The minimum Gasteiger partial charge on any atom is -0.428 e. The van der Waals surface area contributed by atoms with Crippen LogP contribution in [0, 0.1) is 0 Å². The largest absolute Gasteiger partial charge is 0.428 e. The standard InChI is InChI=1S/C12H13NO4/c1-3-11-6-10(4-5-13-11)7-12(15)17-8-16-9(2)14/h3-6H,1,7-8H2,2H3. The van der Waals surface area contributed by atoms with Gasteiger partial charge in [0.15, 0.2) is 0 Å². The highest BCUT2D eigenvalue weighted by atomic mass is 16.7. The van der Waals surface area contributed by atoms with Crippen LogP contribution in [0.3, 0.4) is 0 Å². The van der Waals surface area contributed by atoms with E-state index in [4.69, 9.17) is 4.74 Å². The maximum absolute atomic E-state index is 11.3. The van der Waals surface area contributed by atoms with Crippen molar-refractivity contribution >= 4 is 18.0 Å². The fourth-order valence-corrected chi connectivity index (χ4v) is 1.11. The molecule has 5 nitrogen and oxygen atoms in total. The third kappa shape index (κ3) is 4.92. The Hall–Kier alpha value is -2.17. The Balaban J connectivity index is 2.44. The molecule has 0 fully saturated rings. The molecule has 17 heavy (non-hydrogen) atoms. The van der Waals surface area contributed by atoms with Gasteiger partial charge < -0.3 is 9.47 Å². The average Bonchev–Trinajstić information content (AvgIpc) is 2.28. The summed E-state index contributed by atoms with van der Waals surface area (Å²) in [5.41, 5.74) is 1.46. The number of rotatable bonds is 5. The number of ether oxygens (including phenoxy) is 2. The highest BCUT2D eigenvalue weighted by molar-refractivity contribution is 5.73. The minimum absolute atomic E-state index is 0.102. The lowest BCUT2D eigenvalue weighted by molar-refractivity contribution is -0.165. The van der Waals surface area contributed by atoms with Crippen molar-refractivity contribution in [3.05, 3.63) is 36.2 Å². The van der Waals surface area contributed by atoms with Gasteiger partial charge in [-0.25, -0.2) is 0 Å². The fraction of sp³-hybridized carbons (Fsp3) is 0.250. The van der Waals surface area contributed by atoms with Crippen LogP contribution in [0.5, 0.6) is 0 Å². The number of esters is 2. The van der Waals surface area contributed by atoms with Gasteiger partial charge in [-0.2, -0.15) is 0 Å². The van der Waals surface area contributed by atoms with Crippen molar-refractivity contribution in [2.45, 2.75) is 13.3 Å². The number of carbonyl (C=O) groups excluding carboxylic acids is 2. The summed E-state index contributed by atoms with van der Waals surface area (Å²) in [6.45, 7) is 4.47. The Kier molecular flexibility index (Phi) is 4.87. The van der Waals surface area contributed by atoms with Crippen LogP contribution < -0.4 is 0 Å². The van der Waals surface area contributed by atoms with Crippen molar-refractivity contribution in [1.82, 2.24) is 4.98 Å². The van der Waals surface area contributed by atoms with Gasteiger partial charge in [-0.1, -0.05) is 6.58 Å². The van der Waals surface area contributed by atoms with E-state index >= 15 is 0 Å². The summed E-state index contributed by atoms with van der Waals surface area (Å²) in [5, 5.41) is 0. The lowest BCUT2D eigenvalue weighted by atomic mass is 10.1. The SMILES string of the molecule is C=Cc1cc(CC(=O)OCOC(C)=O)ccn1. The van der Waals surface area contributed by atoms with Crippen LogP contribution in [0.1, 0.15) is 18.2 Å². The number of aromatic nitrogens is 1. The van der Waals surface area contributed by atoms with Gasteiger partial charge in [0.05, 0.1) is 12.1 Å². The van der Waals surface area contributed by atoms with Crippen molar-refractivity contribution in [2.75, 3.05) is 6.79 Å². The van der Waals surface area contributed by atoms with Gasteiger partial charge >= 0.3 is 11.9 Å². The summed E-state index contributed by atoms with van der Waals surface area (Å²) in [4.78, 5) is 25.8. The summed E-state index contributed by atoms with van der Waals surface area (Å²) < 4.78 is 9.19. The van der Waals surface area contributed by atoms with E-state index in [0.29, 0.717) is 5.69 Å². The molecule has 0 aliphatic carbocycles. The van der Waals surface area contributed by atoms with E-state index in [1.54, 1.807) is 24.4 Å². The molecule has 1 rings (SSSR count). The molecule has 0 saturated heterocycles. The van der Waals surface area contributed by atoms with Gasteiger partial charge in [0.2, 0.25) is 6.79 Å². The molecule has 0 unspecified atom stereocenters. The molecular weight excluding hydrogens is 222 g/mol. The Labute approximate surface area is 99.1 Å². The van der Waals surface area contributed by atoms with E-state index in [0.717, 1.165) is 5.56 Å². The molecule has 90 valence electrons. The number of carbonyl (C=O) groups is 2. The molecular formula is C12H13NO4. The van der Waals surface area contributed by atoms with Gasteiger partial charge in [0.1, 0.15) is 0 Å². The molecule has 0 atom stereocenters. The zero-order valence-corrected chi connectivity index (χ0v) is 9.51. The van der Waals surface area contributed by atoms with E-state index in [1.165, 1.54) is 6.92 Å². The Morgan fingerprint density at radius 1 is 1.47 bits per heavy atom. The van der Waals surface area contributed by atoms with Crippen molar-refractivity contribution in [3.63, 3.8) is 0 Å². The molecule has 0 saturated carbocycles. The van der Waals surface area contributed by atoms with Crippen LogP contribution in [-0.2, 0) is 25.5 Å². The average molecular weight is 235 g/mol. The normalized spacial score (nSPS) is 9.47. The number of hydrogen-bond donors (Lipinski definition) is 0. The summed E-state index contributed by atoms with van der Waals surface area (Å²) >= 11 is 0. The first kappa shape index (κ1) is 12.9. The molecule has 0 amide bonds. The Morgan fingerprint density at radius 2 is 2.24 bits per heavy atom. The quantitative estimate of drug-likeness (QED) is 0.569. The van der Waals surface area contributed by atoms with E-state index < -0.39 is 11.9 Å². The van der Waals surface area contributed by atoms with Crippen molar-refractivity contribution in [1.29, 1.82) is 0 Å². The zero-order valence-electron chi connectivity index (χ0n) is 9.51.